The van der Waals surface area contributed by atoms with Gasteiger partial charge in [-0.1, -0.05) is 78.3 Å². The fourth-order valence-corrected chi connectivity index (χ4v) is 3.31. The van der Waals surface area contributed by atoms with Crippen LogP contribution in [-0.2, 0) is 0 Å². The number of fused-ring (bicyclic) bond motifs is 1. The first-order valence-electron chi connectivity index (χ1n) is 7.91. The first-order valence-corrected chi connectivity index (χ1v) is 8.29. The van der Waals surface area contributed by atoms with Crippen LogP contribution in [0.4, 0.5) is 4.39 Å². The lowest BCUT2D eigenvalue weighted by molar-refractivity contribution is 0.483. The van der Waals surface area contributed by atoms with E-state index in [1.54, 1.807) is 12.1 Å². The Morgan fingerprint density at radius 2 is 1.28 bits per heavy atom. The molecule has 1 nitrogen and oxygen atoms in total. The molecule has 0 aliphatic rings. The van der Waals surface area contributed by atoms with Crippen molar-refractivity contribution in [3.8, 4) is 28.0 Å². The lowest BCUT2D eigenvalue weighted by atomic mass is 9.92. The molecule has 0 heterocycles. The highest BCUT2D eigenvalue weighted by molar-refractivity contribution is 6.31. The summed E-state index contributed by atoms with van der Waals surface area (Å²) in [7, 11) is 0. The number of phenolic OH excluding ortho intramolecular Hbond substituents is 1. The third-order valence-corrected chi connectivity index (χ3v) is 4.65. The molecule has 0 aliphatic carbocycles. The van der Waals surface area contributed by atoms with Crippen molar-refractivity contribution in [2.75, 3.05) is 0 Å². The second-order valence-corrected chi connectivity index (χ2v) is 6.24. The largest absolute Gasteiger partial charge is 0.507 e. The summed E-state index contributed by atoms with van der Waals surface area (Å²) in [5.41, 5.74) is 2.52. The van der Waals surface area contributed by atoms with Crippen LogP contribution in [0.3, 0.4) is 0 Å². The molecule has 0 atom stereocenters. The lowest BCUT2D eigenvalue weighted by Crippen LogP contribution is -1.90. The van der Waals surface area contributed by atoms with Gasteiger partial charge >= 0.3 is 0 Å². The van der Waals surface area contributed by atoms with Crippen LogP contribution in [0.2, 0.25) is 5.02 Å². The summed E-state index contributed by atoms with van der Waals surface area (Å²) in [6, 6.07) is 23.8. The van der Waals surface area contributed by atoms with E-state index in [2.05, 4.69) is 0 Å². The molecule has 0 saturated heterocycles. The number of benzene rings is 4. The highest BCUT2D eigenvalue weighted by Crippen LogP contribution is 2.41. The average Bonchev–Trinajstić information content (AvgIpc) is 2.65. The maximum absolute atomic E-state index is 14.5. The highest BCUT2D eigenvalue weighted by Gasteiger charge is 2.16. The molecule has 122 valence electrons. The molecule has 25 heavy (non-hydrogen) atoms. The van der Waals surface area contributed by atoms with Crippen LogP contribution in [0.1, 0.15) is 0 Å². The van der Waals surface area contributed by atoms with Gasteiger partial charge in [0, 0.05) is 16.5 Å². The molecule has 0 aromatic heterocycles. The number of hydrogen-bond donors (Lipinski definition) is 1. The third-order valence-electron chi connectivity index (χ3n) is 4.36. The Labute approximate surface area is 149 Å². The van der Waals surface area contributed by atoms with Crippen molar-refractivity contribution in [2.45, 2.75) is 0 Å². The minimum atomic E-state index is -0.461. The molecule has 4 aromatic rings. The summed E-state index contributed by atoms with van der Waals surface area (Å²) in [5.74, 6) is -0.273. The minimum Gasteiger partial charge on any atom is -0.507 e. The predicted molar refractivity (Wildman–Crippen MR) is 101 cm³/mol. The van der Waals surface area contributed by atoms with Crippen LogP contribution in [0.15, 0.2) is 78.9 Å². The Morgan fingerprint density at radius 3 is 2.08 bits per heavy atom. The highest BCUT2D eigenvalue weighted by atomic mass is 35.5. The molecular weight excluding hydrogens is 335 g/mol. The zero-order valence-corrected chi connectivity index (χ0v) is 14.0. The predicted octanol–water partition coefficient (Wildman–Crippen LogP) is 6.67. The van der Waals surface area contributed by atoms with Crippen molar-refractivity contribution in [1.82, 2.24) is 0 Å². The van der Waals surface area contributed by atoms with Gasteiger partial charge in [0.1, 0.15) is 11.6 Å². The van der Waals surface area contributed by atoms with Gasteiger partial charge in [-0.3, -0.25) is 0 Å². The first-order chi connectivity index (χ1) is 12.2. The van der Waals surface area contributed by atoms with Crippen molar-refractivity contribution in [3.05, 3.63) is 89.7 Å². The Balaban J connectivity index is 1.99. The summed E-state index contributed by atoms with van der Waals surface area (Å²) >= 11 is 5.95. The van der Waals surface area contributed by atoms with Crippen molar-refractivity contribution in [1.29, 1.82) is 0 Å². The Hall–Kier alpha value is -2.84. The minimum absolute atomic E-state index is 0.0787. The molecule has 0 radical (unpaired) electrons. The van der Waals surface area contributed by atoms with Gasteiger partial charge in [0.25, 0.3) is 0 Å². The van der Waals surface area contributed by atoms with Crippen LogP contribution in [0.5, 0.6) is 5.75 Å². The number of phenols is 1. The van der Waals surface area contributed by atoms with Crippen LogP contribution in [0.25, 0.3) is 33.0 Å². The van der Waals surface area contributed by atoms with Crippen LogP contribution >= 0.6 is 11.6 Å². The fourth-order valence-electron chi connectivity index (χ4n) is 3.14. The first kappa shape index (κ1) is 15.7. The molecule has 0 unspecified atom stereocenters. The van der Waals surface area contributed by atoms with E-state index in [0.29, 0.717) is 16.7 Å². The van der Waals surface area contributed by atoms with Gasteiger partial charge in [-0.25, -0.2) is 4.39 Å². The maximum Gasteiger partial charge on any atom is 0.149 e. The molecule has 3 heteroatoms. The van der Waals surface area contributed by atoms with Crippen molar-refractivity contribution in [3.63, 3.8) is 0 Å². The van der Waals surface area contributed by atoms with Gasteiger partial charge in [0.05, 0.1) is 5.02 Å². The summed E-state index contributed by atoms with van der Waals surface area (Å²) in [4.78, 5) is 0. The molecule has 0 fully saturated rings. The summed E-state index contributed by atoms with van der Waals surface area (Å²) in [6.45, 7) is 0. The van der Waals surface area contributed by atoms with Gasteiger partial charge in [-0.05, 0) is 28.6 Å². The zero-order valence-electron chi connectivity index (χ0n) is 13.2. The normalized spacial score (nSPS) is 11.0. The van der Waals surface area contributed by atoms with Gasteiger partial charge in [0.2, 0.25) is 0 Å². The summed E-state index contributed by atoms with van der Waals surface area (Å²) < 4.78 is 14.5. The molecule has 1 N–H and O–H groups in total. The quantitative estimate of drug-likeness (QED) is 0.428. The van der Waals surface area contributed by atoms with Gasteiger partial charge in [0.15, 0.2) is 0 Å². The molecule has 0 bridgehead atoms. The average molecular weight is 349 g/mol. The van der Waals surface area contributed by atoms with Gasteiger partial charge in [-0.15, -0.1) is 0 Å². The Morgan fingerprint density at radius 1 is 0.640 bits per heavy atom. The van der Waals surface area contributed by atoms with E-state index >= 15 is 0 Å². The maximum atomic E-state index is 14.5. The lowest BCUT2D eigenvalue weighted by Gasteiger charge is -2.14. The van der Waals surface area contributed by atoms with E-state index in [1.807, 2.05) is 60.7 Å². The van der Waals surface area contributed by atoms with E-state index in [9.17, 15) is 9.50 Å². The fraction of sp³-hybridized carbons (Fsp3) is 0. The number of hydrogen-bond acceptors (Lipinski definition) is 1. The second-order valence-electron chi connectivity index (χ2n) is 5.83. The Kier molecular flexibility index (Phi) is 3.90. The van der Waals surface area contributed by atoms with Crippen molar-refractivity contribution < 1.29 is 9.50 Å². The van der Waals surface area contributed by atoms with Crippen LogP contribution < -0.4 is 0 Å². The second kappa shape index (κ2) is 6.23. The molecule has 0 saturated carbocycles. The topological polar surface area (TPSA) is 20.2 Å². The molecule has 0 amide bonds. The standard InChI is InChI=1S/C22H14ClFO/c23-20-11-5-10-18(21(20)24)16-8-3-4-9-17(16)19-13-12-14-6-1-2-7-15(14)22(19)25/h1-13,25H. The number of aromatic hydroxyl groups is 1. The van der Waals surface area contributed by atoms with Crippen molar-refractivity contribution in [2.24, 2.45) is 0 Å². The zero-order chi connectivity index (χ0) is 17.4. The molecule has 0 aliphatic heterocycles. The van der Waals surface area contributed by atoms with E-state index < -0.39 is 5.82 Å². The van der Waals surface area contributed by atoms with Gasteiger partial charge in [-0.2, -0.15) is 0 Å². The van der Waals surface area contributed by atoms with E-state index in [0.717, 1.165) is 16.3 Å². The van der Waals surface area contributed by atoms with Crippen LogP contribution in [-0.4, -0.2) is 5.11 Å². The van der Waals surface area contributed by atoms with E-state index in [4.69, 9.17) is 11.6 Å². The summed E-state index contributed by atoms with van der Waals surface area (Å²) in [5, 5.41) is 12.6. The molecular formula is C22H14ClFO. The SMILES string of the molecule is Oc1c(-c2ccccc2-c2cccc(Cl)c2F)ccc2ccccc12. The molecule has 4 aromatic carbocycles. The van der Waals surface area contributed by atoms with E-state index in [-0.39, 0.29) is 10.8 Å². The number of halogens is 2. The number of rotatable bonds is 2. The van der Waals surface area contributed by atoms with Crippen molar-refractivity contribution >= 4 is 22.4 Å². The molecule has 0 spiro atoms. The van der Waals surface area contributed by atoms with Gasteiger partial charge < -0.3 is 5.11 Å². The van der Waals surface area contributed by atoms with E-state index in [1.165, 1.54) is 6.07 Å². The summed E-state index contributed by atoms with van der Waals surface area (Å²) in [6.07, 6.45) is 0. The third kappa shape index (κ3) is 2.65. The Bertz CT molecular complexity index is 1090. The monoisotopic (exact) mass is 348 g/mol. The smallest absolute Gasteiger partial charge is 0.149 e. The molecule has 4 rings (SSSR count). The van der Waals surface area contributed by atoms with Crippen LogP contribution in [0, 0.1) is 5.82 Å².